The van der Waals surface area contributed by atoms with Crippen LogP contribution in [0.2, 0.25) is 0 Å². The van der Waals surface area contributed by atoms with E-state index in [1.54, 1.807) is 0 Å². The Labute approximate surface area is 106 Å². The van der Waals surface area contributed by atoms with Gasteiger partial charge < -0.3 is 10.1 Å². The van der Waals surface area contributed by atoms with Crippen molar-refractivity contribution in [2.75, 3.05) is 7.05 Å². The number of benzene rings is 1. The highest BCUT2D eigenvalue weighted by Crippen LogP contribution is 2.22. The first-order chi connectivity index (χ1) is 8.69. The fourth-order valence-electron chi connectivity index (χ4n) is 2.38. The molecule has 0 spiro atoms. The van der Waals surface area contributed by atoms with Gasteiger partial charge in [-0.05, 0) is 50.9 Å². The summed E-state index contributed by atoms with van der Waals surface area (Å²) in [7, 11) is 1.97. The lowest BCUT2D eigenvalue weighted by Gasteiger charge is -2.28. The summed E-state index contributed by atoms with van der Waals surface area (Å²) < 4.78 is 32.0. The summed E-state index contributed by atoms with van der Waals surface area (Å²) in [5.74, 6) is -0.825. The average Bonchev–Trinajstić information content (AvgIpc) is 2.40. The molecule has 1 aromatic rings. The van der Waals surface area contributed by atoms with Gasteiger partial charge in [0, 0.05) is 11.6 Å². The number of nitrogens with one attached hydrogen (secondary N) is 1. The summed E-state index contributed by atoms with van der Waals surface area (Å²) in [5.41, 5.74) is 0.297. The lowest BCUT2D eigenvalue weighted by molar-refractivity contribution is 0.0105. The van der Waals surface area contributed by atoms with E-state index in [9.17, 15) is 8.78 Å². The topological polar surface area (TPSA) is 21.3 Å². The molecule has 1 N–H and O–H groups in total. The van der Waals surface area contributed by atoms with Gasteiger partial charge in [-0.25, -0.2) is 8.78 Å². The molecular weight excluding hydrogens is 236 g/mol. The van der Waals surface area contributed by atoms with Gasteiger partial charge in [0.25, 0.3) is 0 Å². The Morgan fingerprint density at radius 3 is 2.61 bits per heavy atom. The fourth-order valence-corrected chi connectivity index (χ4v) is 2.38. The zero-order chi connectivity index (χ0) is 13.0. The highest BCUT2D eigenvalue weighted by Gasteiger charge is 2.20. The third-order valence-electron chi connectivity index (χ3n) is 3.56. The molecule has 0 unspecified atom stereocenters. The second kappa shape index (κ2) is 6.25. The van der Waals surface area contributed by atoms with Crippen molar-refractivity contribution in [3.05, 3.63) is 35.4 Å². The molecule has 0 bridgehead atoms. The number of hydrogen-bond acceptors (Lipinski definition) is 2. The number of halogens is 2. The van der Waals surface area contributed by atoms with E-state index in [0.29, 0.717) is 11.6 Å². The van der Waals surface area contributed by atoms with E-state index in [2.05, 4.69) is 5.32 Å². The maximum atomic E-state index is 13.4. The van der Waals surface area contributed by atoms with Crippen LogP contribution in [0.4, 0.5) is 8.78 Å². The third-order valence-corrected chi connectivity index (χ3v) is 3.56. The van der Waals surface area contributed by atoms with Gasteiger partial charge in [-0.2, -0.15) is 0 Å². The van der Waals surface area contributed by atoms with Crippen LogP contribution in [0.25, 0.3) is 0 Å². The van der Waals surface area contributed by atoms with Crippen LogP contribution in [0, 0.1) is 11.6 Å². The van der Waals surface area contributed by atoms with Crippen molar-refractivity contribution >= 4 is 0 Å². The minimum absolute atomic E-state index is 0.151. The molecule has 1 fully saturated rings. The maximum Gasteiger partial charge on any atom is 0.128 e. The Morgan fingerprint density at radius 1 is 1.22 bits per heavy atom. The summed E-state index contributed by atoms with van der Waals surface area (Å²) in [4.78, 5) is 0. The van der Waals surface area contributed by atoms with Gasteiger partial charge in [-0.1, -0.05) is 0 Å². The first-order valence-electron chi connectivity index (χ1n) is 6.42. The molecule has 100 valence electrons. The number of hydrogen-bond donors (Lipinski definition) is 1. The molecule has 4 heteroatoms. The van der Waals surface area contributed by atoms with Crippen LogP contribution in [0.1, 0.15) is 31.2 Å². The molecular formula is C14H19F2NO. The largest absolute Gasteiger partial charge is 0.373 e. The highest BCUT2D eigenvalue weighted by molar-refractivity contribution is 5.17. The summed E-state index contributed by atoms with van der Waals surface area (Å²) in [6.45, 7) is 0.151. The van der Waals surface area contributed by atoms with E-state index in [1.807, 2.05) is 7.05 Å². The van der Waals surface area contributed by atoms with Crippen molar-refractivity contribution in [3.63, 3.8) is 0 Å². The predicted molar refractivity (Wildman–Crippen MR) is 66.3 cm³/mol. The van der Waals surface area contributed by atoms with Crippen LogP contribution in [-0.4, -0.2) is 19.2 Å². The molecule has 2 nitrogen and oxygen atoms in total. The molecule has 1 aromatic carbocycles. The van der Waals surface area contributed by atoms with E-state index < -0.39 is 11.6 Å². The van der Waals surface area contributed by atoms with Crippen LogP contribution in [0.3, 0.4) is 0 Å². The van der Waals surface area contributed by atoms with Crippen LogP contribution in [0.15, 0.2) is 18.2 Å². The van der Waals surface area contributed by atoms with Crippen molar-refractivity contribution in [2.24, 2.45) is 0 Å². The standard InChI is InChI=1S/C14H19F2NO/c1-17-12-3-5-13(6-4-12)18-9-10-8-11(15)2-7-14(10)16/h2,7-8,12-13,17H,3-6,9H2,1H3. The first kappa shape index (κ1) is 13.4. The Balaban J connectivity index is 1.83. The molecule has 0 aliphatic heterocycles. The van der Waals surface area contributed by atoms with Gasteiger partial charge in [-0.3, -0.25) is 0 Å². The second-order valence-corrected chi connectivity index (χ2v) is 4.81. The Morgan fingerprint density at radius 2 is 1.94 bits per heavy atom. The lowest BCUT2D eigenvalue weighted by atomic mass is 9.93. The average molecular weight is 255 g/mol. The fraction of sp³-hybridized carbons (Fsp3) is 0.571. The van der Waals surface area contributed by atoms with Crippen LogP contribution >= 0.6 is 0 Å². The van der Waals surface area contributed by atoms with Crippen molar-refractivity contribution in [3.8, 4) is 0 Å². The lowest BCUT2D eigenvalue weighted by Crippen LogP contribution is -2.32. The van der Waals surface area contributed by atoms with E-state index in [0.717, 1.165) is 37.8 Å². The van der Waals surface area contributed by atoms with Crippen molar-refractivity contribution in [1.29, 1.82) is 0 Å². The quantitative estimate of drug-likeness (QED) is 0.893. The minimum Gasteiger partial charge on any atom is -0.373 e. The normalized spacial score (nSPS) is 24.2. The Bertz CT molecular complexity index is 389. The summed E-state index contributed by atoms with van der Waals surface area (Å²) in [5, 5.41) is 3.25. The molecule has 18 heavy (non-hydrogen) atoms. The third kappa shape index (κ3) is 3.50. The van der Waals surface area contributed by atoms with Gasteiger partial charge in [0.2, 0.25) is 0 Å². The summed E-state index contributed by atoms with van der Waals surface area (Å²) in [6.07, 6.45) is 4.27. The van der Waals surface area contributed by atoms with E-state index >= 15 is 0 Å². The summed E-state index contributed by atoms with van der Waals surface area (Å²) >= 11 is 0. The molecule has 2 rings (SSSR count). The molecule has 0 heterocycles. The van der Waals surface area contributed by atoms with E-state index in [4.69, 9.17) is 4.74 Å². The number of ether oxygens (including phenoxy) is 1. The van der Waals surface area contributed by atoms with Gasteiger partial charge in [0.15, 0.2) is 0 Å². The van der Waals surface area contributed by atoms with Crippen molar-refractivity contribution in [1.82, 2.24) is 5.32 Å². The van der Waals surface area contributed by atoms with Gasteiger partial charge in [-0.15, -0.1) is 0 Å². The smallest absolute Gasteiger partial charge is 0.128 e. The van der Waals surface area contributed by atoms with Crippen molar-refractivity contribution < 1.29 is 13.5 Å². The molecule has 0 atom stereocenters. The SMILES string of the molecule is CNC1CCC(OCc2cc(F)ccc2F)CC1. The van der Waals surface area contributed by atoms with E-state index in [1.165, 1.54) is 6.07 Å². The van der Waals surface area contributed by atoms with Gasteiger partial charge in [0.1, 0.15) is 11.6 Å². The zero-order valence-corrected chi connectivity index (χ0v) is 10.6. The molecule has 0 amide bonds. The molecule has 1 aliphatic rings. The zero-order valence-electron chi connectivity index (χ0n) is 10.6. The molecule has 0 radical (unpaired) electrons. The molecule has 1 saturated carbocycles. The highest BCUT2D eigenvalue weighted by atomic mass is 19.1. The molecule has 0 saturated heterocycles. The molecule has 0 aromatic heterocycles. The monoisotopic (exact) mass is 255 g/mol. The second-order valence-electron chi connectivity index (χ2n) is 4.81. The maximum absolute atomic E-state index is 13.4. The first-order valence-corrected chi connectivity index (χ1v) is 6.42. The van der Waals surface area contributed by atoms with Crippen LogP contribution in [0.5, 0.6) is 0 Å². The minimum atomic E-state index is -0.422. The van der Waals surface area contributed by atoms with Crippen molar-refractivity contribution in [2.45, 2.75) is 44.4 Å². The predicted octanol–water partition coefficient (Wildman–Crippen LogP) is 3.01. The van der Waals surface area contributed by atoms with Crippen LogP contribution in [-0.2, 0) is 11.3 Å². The number of rotatable bonds is 4. The Kier molecular flexibility index (Phi) is 4.66. The van der Waals surface area contributed by atoms with Gasteiger partial charge in [0.05, 0.1) is 12.7 Å². The molecule has 1 aliphatic carbocycles. The van der Waals surface area contributed by atoms with E-state index in [-0.39, 0.29) is 12.7 Å². The summed E-state index contributed by atoms with van der Waals surface area (Å²) in [6, 6.07) is 4.04. The Hall–Kier alpha value is -1.00. The van der Waals surface area contributed by atoms with Crippen LogP contribution < -0.4 is 5.32 Å². The van der Waals surface area contributed by atoms with Gasteiger partial charge >= 0.3 is 0 Å².